The maximum atomic E-state index is 13.1. The molecule has 2 aromatic carbocycles. The number of hydrogen-bond acceptors (Lipinski definition) is 7. The first-order chi connectivity index (χ1) is 17.1. The zero-order valence-electron chi connectivity index (χ0n) is 20.3. The lowest BCUT2D eigenvalue weighted by atomic mass is 9.85. The number of carbonyl (C=O) groups excluding carboxylic acids is 1. The van der Waals surface area contributed by atoms with Crippen molar-refractivity contribution in [3.05, 3.63) is 70.4 Å². The van der Waals surface area contributed by atoms with Crippen LogP contribution in [0.4, 0.5) is 5.95 Å². The molecule has 0 spiro atoms. The number of ketones is 1. The van der Waals surface area contributed by atoms with E-state index < -0.39 is 0 Å². The van der Waals surface area contributed by atoms with Crippen LogP contribution in [-0.4, -0.2) is 33.4 Å². The van der Waals surface area contributed by atoms with Crippen molar-refractivity contribution < 1.29 is 14.3 Å². The van der Waals surface area contributed by atoms with Crippen molar-refractivity contribution >= 4 is 23.5 Å². The Morgan fingerprint density at radius 3 is 2.83 bits per heavy atom. The van der Waals surface area contributed by atoms with Gasteiger partial charge in [-0.05, 0) is 55.0 Å². The highest BCUT2D eigenvalue weighted by atomic mass is 32.2. The third-order valence-electron chi connectivity index (χ3n) is 6.43. The van der Waals surface area contributed by atoms with Crippen LogP contribution in [0.5, 0.6) is 11.5 Å². The van der Waals surface area contributed by atoms with Crippen LogP contribution in [0.1, 0.15) is 55.3 Å². The molecule has 7 nitrogen and oxygen atoms in total. The van der Waals surface area contributed by atoms with E-state index in [1.165, 1.54) is 5.56 Å². The molecule has 5 rings (SSSR count). The normalized spacial score (nSPS) is 17.0. The van der Waals surface area contributed by atoms with E-state index in [0.29, 0.717) is 30.5 Å². The number of aryl methyl sites for hydroxylation is 1. The zero-order valence-corrected chi connectivity index (χ0v) is 21.2. The summed E-state index contributed by atoms with van der Waals surface area (Å²) < 4.78 is 13.7. The SMILES string of the molecule is CCCSc1nc2n(n1)C(c1ccc(OCc3ccccc3C)c(OC)c1)C1=C(CCCC1=O)N2. The number of benzene rings is 2. The Labute approximate surface area is 209 Å². The highest BCUT2D eigenvalue weighted by molar-refractivity contribution is 7.99. The first kappa shape index (κ1) is 23.5. The second kappa shape index (κ2) is 10.2. The molecule has 1 aliphatic carbocycles. The van der Waals surface area contributed by atoms with E-state index in [9.17, 15) is 4.79 Å². The molecule has 35 heavy (non-hydrogen) atoms. The number of thioether (sulfide) groups is 1. The lowest BCUT2D eigenvalue weighted by Crippen LogP contribution is -2.31. The molecule has 3 aromatic rings. The van der Waals surface area contributed by atoms with Crippen molar-refractivity contribution in [2.75, 3.05) is 18.2 Å². The molecule has 182 valence electrons. The second-order valence-corrected chi connectivity index (χ2v) is 9.90. The highest BCUT2D eigenvalue weighted by Crippen LogP contribution is 2.42. The predicted molar refractivity (Wildman–Crippen MR) is 137 cm³/mol. The Kier molecular flexibility index (Phi) is 6.81. The lowest BCUT2D eigenvalue weighted by Gasteiger charge is -2.32. The summed E-state index contributed by atoms with van der Waals surface area (Å²) in [5.74, 6) is 3.08. The number of anilines is 1. The molecular weight excluding hydrogens is 460 g/mol. The number of fused-ring (bicyclic) bond motifs is 1. The van der Waals surface area contributed by atoms with Gasteiger partial charge < -0.3 is 14.8 Å². The molecule has 0 fully saturated rings. The minimum Gasteiger partial charge on any atom is -0.493 e. The van der Waals surface area contributed by atoms with E-state index in [1.807, 2.05) is 35.0 Å². The fourth-order valence-corrected chi connectivity index (χ4v) is 5.28. The largest absolute Gasteiger partial charge is 0.493 e. The molecule has 0 amide bonds. The standard InChI is InChI=1S/C27H30N4O3S/c1-4-14-35-27-29-26-28-20-10-7-11-21(32)24(20)25(31(26)30-27)18-12-13-22(23(15-18)33-3)34-16-19-9-6-5-8-17(19)2/h5-6,8-9,12-13,15,25H,4,7,10-11,14,16H2,1-3H3,(H,28,29,30). The molecule has 1 aromatic heterocycles. The van der Waals surface area contributed by atoms with Crippen molar-refractivity contribution in [1.29, 1.82) is 0 Å². The van der Waals surface area contributed by atoms with Crippen molar-refractivity contribution in [1.82, 2.24) is 14.8 Å². The minimum absolute atomic E-state index is 0.159. The van der Waals surface area contributed by atoms with Gasteiger partial charge in [-0.15, -0.1) is 5.10 Å². The number of ether oxygens (including phenoxy) is 2. The fraction of sp³-hybridized carbons (Fsp3) is 0.370. The van der Waals surface area contributed by atoms with Crippen molar-refractivity contribution in [2.45, 2.75) is 57.3 Å². The van der Waals surface area contributed by atoms with E-state index in [4.69, 9.17) is 19.6 Å². The van der Waals surface area contributed by atoms with Gasteiger partial charge in [-0.3, -0.25) is 4.79 Å². The molecule has 0 saturated heterocycles. The maximum absolute atomic E-state index is 13.1. The predicted octanol–water partition coefficient (Wildman–Crippen LogP) is 5.70. The monoisotopic (exact) mass is 490 g/mol. The van der Waals surface area contributed by atoms with Gasteiger partial charge in [-0.25, -0.2) is 4.68 Å². The van der Waals surface area contributed by atoms with Crippen LogP contribution in [0.3, 0.4) is 0 Å². The van der Waals surface area contributed by atoms with Gasteiger partial charge in [0.25, 0.3) is 0 Å². The van der Waals surface area contributed by atoms with Gasteiger partial charge in [0.05, 0.1) is 7.11 Å². The maximum Gasteiger partial charge on any atom is 0.227 e. The van der Waals surface area contributed by atoms with Crippen LogP contribution in [0, 0.1) is 6.92 Å². The molecule has 8 heteroatoms. The average molecular weight is 491 g/mol. The number of hydrogen-bond donors (Lipinski definition) is 1. The van der Waals surface area contributed by atoms with Gasteiger partial charge in [0.15, 0.2) is 17.3 Å². The molecule has 1 N–H and O–H groups in total. The number of rotatable bonds is 8. The first-order valence-corrected chi connectivity index (χ1v) is 13.1. The smallest absolute Gasteiger partial charge is 0.227 e. The highest BCUT2D eigenvalue weighted by Gasteiger charge is 2.37. The number of aromatic nitrogens is 3. The van der Waals surface area contributed by atoms with Crippen LogP contribution in [0.15, 0.2) is 58.9 Å². The summed E-state index contributed by atoms with van der Waals surface area (Å²) in [5, 5.41) is 8.89. The van der Waals surface area contributed by atoms with Crippen LogP contribution in [0.25, 0.3) is 0 Å². The number of allylic oxidation sites excluding steroid dienone is 2. The Hall–Kier alpha value is -3.26. The topological polar surface area (TPSA) is 78.3 Å². The number of nitrogens with one attached hydrogen (secondary N) is 1. The number of methoxy groups -OCH3 is 1. The van der Waals surface area contributed by atoms with Gasteiger partial charge in [-0.1, -0.05) is 49.0 Å². The molecule has 1 unspecified atom stereocenters. The van der Waals surface area contributed by atoms with Crippen molar-refractivity contribution in [2.24, 2.45) is 0 Å². The van der Waals surface area contributed by atoms with Gasteiger partial charge in [0.2, 0.25) is 11.1 Å². The van der Waals surface area contributed by atoms with E-state index >= 15 is 0 Å². The van der Waals surface area contributed by atoms with Crippen molar-refractivity contribution in [3.63, 3.8) is 0 Å². The Morgan fingerprint density at radius 1 is 1.17 bits per heavy atom. The number of Topliss-reactive ketones (excluding diaryl/α,β-unsaturated/α-hetero) is 1. The number of nitrogens with zero attached hydrogens (tertiary/aromatic N) is 3. The Morgan fingerprint density at radius 2 is 2.03 bits per heavy atom. The summed E-state index contributed by atoms with van der Waals surface area (Å²) >= 11 is 1.63. The molecule has 0 radical (unpaired) electrons. The van der Waals surface area contributed by atoms with E-state index in [1.54, 1.807) is 18.9 Å². The van der Waals surface area contributed by atoms with Crippen LogP contribution >= 0.6 is 11.8 Å². The van der Waals surface area contributed by atoms with Gasteiger partial charge in [0, 0.05) is 23.4 Å². The third kappa shape index (κ3) is 4.67. The van der Waals surface area contributed by atoms with Gasteiger partial charge >= 0.3 is 0 Å². The summed E-state index contributed by atoms with van der Waals surface area (Å²) in [6.45, 7) is 4.66. The summed E-state index contributed by atoms with van der Waals surface area (Å²) in [7, 11) is 1.64. The van der Waals surface area contributed by atoms with Crippen LogP contribution in [-0.2, 0) is 11.4 Å². The van der Waals surface area contributed by atoms with Crippen molar-refractivity contribution in [3.8, 4) is 11.5 Å². The van der Waals surface area contributed by atoms with E-state index in [0.717, 1.165) is 52.6 Å². The average Bonchev–Trinajstić information content (AvgIpc) is 3.28. The van der Waals surface area contributed by atoms with Gasteiger partial charge in [-0.2, -0.15) is 4.98 Å². The molecule has 1 aliphatic heterocycles. The number of carbonyl (C=O) groups is 1. The van der Waals surface area contributed by atoms with Gasteiger partial charge in [0.1, 0.15) is 12.6 Å². The second-order valence-electron chi connectivity index (χ2n) is 8.83. The Balaban J connectivity index is 1.50. The summed E-state index contributed by atoms with van der Waals surface area (Å²) in [5.41, 5.74) is 4.97. The quantitative estimate of drug-likeness (QED) is 0.406. The molecule has 2 aliphatic rings. The molecular formula is C27H30N4O3S. The third-order valence-corrected chi connectivity index (χ3v) is 7.48. The van der Waals surface area contributed by atoms with Crippen LogP contribution < -0.4 is 14.8 Å². The molecule has 2 heterocycles. The summed E-state index contributed by atoms with van der Waals surface area (Å²) in [4.78, 5) is 17.8. The molecule has 0 saturated carbocycles. The Bertz CT molecular complexity index is 1280. The summed E-state index contributed by atoms with van der Waals surface area (Å²) in [6, 6.07) is 13.7. The lowest BCUT2D eigenvalue weighted by molar-refractivity contribution is -0.116. The zero-order chi connectivity index (χ0) is 24.4. The summed E-state index contributed by atoms with van der Waals surface area (Å²) in [6.07, 6.45) is 3.27. The molecule has 0 bridgehead atoms. The first-order valence-electron chi connectivity index (χ1n) is 12.1. The van der Waals surface area contributed by atoms with Crippen LogP contribution in [0.2, 0.25) is 0 Å². The molecule has 1 atom stereocenters. The minimum atomic E-state index is -0.350. The van der Waals surface area contributed by atoms with E-state index in [2.05, 4.69) is 31.3 Å². The van der Waals surface area contributed by atoms with E-state index in [-0.39, 0.29) is 11.8 Å². The fourth-order valence-electron chi connectivity index (χ4n) is 4.60.